The molecule has 3 N–H and O–H groups in total. The van der Waals surface area contributed by atoms with Crippen LogP contribution in [0, 0.1) is 5.92 Å². The molecule has 20 heavy (non-hydrogen) atoms. The Labute approximate surface area is 125 Å². The highest BCUT2D eigenvalue weighted by Gasteiger charge is 2.32. The summed E-state index contributed by atoms with van der Waals surface area (Å²) < 4.78 is 0. The Kier molecular flexibility index (Phi) is 7.64. The van der Waals surface area contributed by atoms with E-state index in [1.165, 1.54) is 32.1 Å². The molecule has 3 nitrogen and oxygen atoms in total. The third kappa shape index (κ3) is 5.12. The Morgan fingerprint density at radius 2 is 1.85 bits per heavy atom. The van der Waals surface area contributed by atoms with Gasteiger partial charge in [0.2, 0.25) is 5.91 Å². The van der Waals surface area contributed by atoms with Gasteiger partial charge in [-0.25, -0.2) is 0 Å². The minimum atomic E-state index is -0.381. The molecule has 0 aromatic rings. The fraction of sp³-hybridized carbons (Fsp3) is 0.938. The zero-order chi connectivity index (χ0) is 15.0. The van der Waals surface area contributed by atoms with E-state index in [0.717, 1.165) is 25.7 Å². The van der Waals surface area contributed by atoms with Crippen molar-refractivity contribution in [3.63, 3.8) is 0 Å². The van der Waals surface area contributed by atoms with Crippen LogP contribution < -0.4 is 11.1 Å². The van der Waals surface area contributed by atoms with Crippen LogP contribution in [0.25, 0.3) is 0 Å². The normalized spacial score (nSPS) is 22.2. The summed E-state index contributed by atoms with van der Waals surface area (Å²) in [4.78, 5) is 12.5. The van der Waals surface area contributed by atoms with E-state index in [1.54, 1.807) is 0 Å². The lowest BCUT2D eigenvalue weighted by Gasteiger charge is -2.32. The molecule has 0 aliphatic heterocycles. The molecule has 115 valence electrons. The minimum Gasteiger partial charge on any atom is -0.341 e. The van der Waals surface area contributed by atoms with Gasteiger partial charge in [-0.05, 0) is 25.2 Å². The van der Waals surface area contributed by atoms with Crippen molar-refractivity contribution >= 4 is 13.2 Å². The van der Waals surface area contributed by atoms with Crippen LogP contribution in [0.1, 0.15) is 71.6 Å². The summed E-state index contributed by atoms with van der Waals surface area (Å²) in [5.74, 6) is 0.540. The van der Waals surface area contributed by atoms with Crippen molar-refractivity contribution in [2.24, 2.45) is 11.7 Å². The highest BCUT2D eigenvalue weighted by Crippen LogP contribution is 2.31. The summed E-state index contributed by atoms with van der Waals surface area (Å²) in [6.45, 7) is 6.09. The van der Waals surface area contributed by atoms with E-state index in [0.29, 0.717) is 5.92 Å². The Morgan fingerprint density at radius 1 is 1.30 bits per heavy atom. The monoisotopic (exact) mass is 279 g/mol. The van der Waals surface area contributed by atoms with Crippen molar-refractivity contribution in [3.05, 3.63) is 0 Å². The molecule has 2 atom stereocenters. The van der Waals surface area contributed by atoms with Crippen LogP contribution in [0.15, 0.2) is 0 Å². The summed E-state index contributed by atoms with van der Waals surface area (Å²) in [6, 6.07) is 0. The zero-order valence-corrected chi connectivity index (χ0v) is 13.6. The van der Waals surface area contributed by atoms with E-state index in [-0.39, 0.29) is 17.4 Å². The number of nitrogens with two attached hydrogens (primary N) is 1. The summed E-state index contributed by atoms with van der Waals surface area (Å²) in [5.41, 5.74) is 6.27. The van der Waals surface area contributed by atoms with E-state index in [9.17, 15) is 4.79 Å². The van der Waals surface area contributed by atoms with Crippen molar-refractivity contribution in [1.82, 2.24) is 5.32 Å². The second-order valence-electron chi connectivity index (χ2n) is 6.56. The zero-order valence-electron chi connectivity index (χ0n) is 13.6. The molecule has 4 heteroatoms. The van der Waals surface area contributed by atoms with Gasteiger partial charge in [-0.1, -0.05) is 59.2 Å². The maximum atomic E-state index is 12.5. The molecular formula is C16H32BN2O. The maximum Gasteiger partial charge on any atom is 0.219 e. The number of carbonyl (C=O) groups is 1. The lowest BCUT2D eigenvalue weighted by molar-refractivity contribution is -0.125. The number of nitrogens with one attached hydrogen (secondary N) is 1. The van der Waals surface area contributed by atoms with Gasteiger partial charge in [-0.2, -0.15) is 0 Å². The summed E-state index contributed by atoms with van der Waals surface area (Å²) in [7, 11) is 2.01. The van der Waals surface area contributed by atoms with Crippen LogP contribution in [0.4, 0.5) is 0 Å². The molecule has 2 unspecified atom stereocenters. The standard InChI is InChI=1S/C16H32BN2O/c1-4-12-16(2,17-3)15(20)19-14(18)13-10-8-6-5-7-9-11-13/h13-14H,4-12,18H2,1-3H3,(H,19,20). The molecule has 0 heterocycles. The van der Waals surface area contributed by atoms with Gasteiger partial charge in [0, 0.05) is 5.31 Å². The van der Waals surface area contributed by atoms with E-state index >= 15 is 0 Å². The quantitative estimate of drug-likeness (QED) is 0.577. The second-order valence-corrected chi connectivity index (χ2v) is 6.56. The first-order valence-electron chi connectivity index (χ1n) is 8.40. The van der Waals surface area contributed by atoms with Gasteiger partial charge < -0.3 is 11.1 Å². The van der Waals surface area contributed by atoms with Crippen LogP contribution in [0.2, 0.25) is 12.1 Å². The smallest absolute Gasteiger partial charge is 0.219 e. The van der Waals surface area contributed by atoms with Gasteiger partial charge in [0.15, 0.2) is 0 Å². The number of hydrogen-bond acceptors (Lipinski definition) is 2. The predicted molar refractivity (Wildman–Crippen MR) is 86.8 cm³/mol. The van der Waals surface area contributed by atoms with E-state index in [4.69, 9.17) is 5.73 Å². The van der Waals surface area contributed by atoms with Crippen molar-refractivity contribution in [2.45, 2.75) is 89.9 Å². The fourth-order valence-electron chi connectivity index (χ4n) is 3.19. The average molecular weight is 279 g/mol. The first-order chi connectivity index (χ1) is 9.53. The molecule has 0 aromatic heterocycles. The lowest BCUT2D eigenvalue weighted by Crippen LogP contribution is -2.50. The number of carbonyl (C=O) groups excluding carboxylic acids is 1. The molecule has 1 rings (SSSR count). The van der Waals surface area contributed by atoms with Crippen molar-refractivity contribution < 1.29 is 4.79 Å². The summed E-state index contributed by atoms with van der Waals surface area (Å²) in [5, 5.41) is 2.70. The predicted octanol–water partition coefficient (Wildman–Crippen LogP) is 3.48. The Bertz CT molecular complexity index is 290. The first kappa shape index (κ1) is 17.5. The molecular weight excluding hydrogens is 247 g/mol. The van der Waals surface area contributed by atoms with Crippen molar-refractivity contribution in [1.29, 1.82) is 0 Å². The molecule has 1 fully saturated rings. The van der Waals surface area contributed by atoms with Crippen LogP contribution in [0.5, 0.6) is 0 Å². The van der Waals surface area contributed by atoms with Crippen LogP contribution >= 0.6 is 0 Å². The molecule has 1 amide bonds. The maximum absolute atomic E-state index is 12.5. The molecule has 1 aliphatic rings. The second kappa shape index (κ2) is 8.71. The lowest BCUT2D eigenvalue weighted by atomic mass is 9.52. The van der Waals surface area contributed by atoms with Gasteiger partial charge in [0.25, 0.3) is 0 Å². The van der Waals surface area contributed by atoms with Gasteiger partial charge >= 0.3 is 0 Å². The van der Waals surface area contributed by atoms with Crippen LogP contribution in [0.3, 0.4) is 0 Å². The summed E-state index contributed by atoms with van der Waals surface area (Å²) in [6.07, 6.45) is 10.5. The van der Waals surface area contributed by atoms with Gasteiger partial charge in [0.05, 0.1) is 6.17 Å². The SMILES string of the molecule is C[B]C(C)(CCC)C(=O)NC(N)C1CCCCCCC1. The Balaban J connectivity index is 2.54. The molecule has 0 bridgehead atoms. The third-order valence-corrected chi connectivity index (χ3v) is 4.88. The molecule has 1 aliphatic carbocycles. The number of amides is 1. The first-order valence-corrected chi connectivity index (χ1v) is 8.40. The Morgan fingerprint density at radius 3 is 2.35 bits per heavy atom. The average Bonchev–Trinajstić information content (AvgIpc) is 2.38. The van der Waals surface area contributed by atoms with Crippen molar-refractivity contribution in [2.75, 3.05) is 0 Å². The summed E-state index contributed by atoms with van der Waals surface area (Å²) >= 11 is 0. The van der Waals surface area contributed by atoms with E-state index in [2.05, 4.69) is 12.2 Å². The largest absolute Gasteiger partial charge is 0.341 e. The fourth-order valence-corrected chi connectivity index (χ4v) is 3.19. The molecule has 1 saturated carbocycles. The molecule has 1 radical (unpaired) electrons. The highest BCUT2D eigenvalue weighted by molar-refractivity contribution is 6.45. The molecule has 0 saturated heterocycles. The van der Waals surface area contributed by atoms with Crippen LogP contribution in [-0.4, -0.2) is 19.4 Å². The Hall–Kier alpha value is -0.505. The van der Waals surface area contributed by atoms with E-state index in [1.807, 2.05) is 21.0 Å². The van der Waals surface area contributed by atoms with E-state index < -0.39 is 0 Å². The van der Waals surface area contributed by atoms with Gasteiger partial charge in [-0.15, -0.1) is 0 Å². The minimum absolute atomic E-state index is 0.0939. The van der Waals surface area contributed by atoms with Gasteiger partial charge in [-0.3, -0.25) is 4.79 Å². The van der Waals surface area contributed by atoms with Gasteiger partial charge in [0.1, 0.15) is 7.28 Å². The number of hydrogen-bond donors (Lipinski definition) is 2. The number of rotatable bonds is 6. The molecule has 0 spiro atoms. The highest BCUT2D eigenvalue weighted by atomic mass is 16.2. The third-order valence-electron chi connectivity index (χ3n) is 4.88. The topological polar surface area (TPSA) is 55.1 Å². The van der Waals surface area contributed by atoms with Crippen molar-refractivity contribution in [3.8, 4) is 0 Å². The van der Waals surface area contributed by atoms with Crippen LogP contribution in [-0.2, 0) is 4.79 Å². The molecule has 0 aromatic carbocycles.